The topological polar surface area (TPSA) is 95.9 Å². The van der Waals surface area contributed by atoms with E-state index in [0.717, 1.165) is 5.56 Å². The summed E-state index contributed by atoms with van der Waals surface area (Å²) in [5.41, 5.74) is 0.339. The maximum Gasteiger partial charge on any atom is 0.410 e. The Bertz CT molecular complexity index is 666. The van der Waals surface area contributed by atoms with Crippen LogP contribution >= 0.6 is 0 Å². The van der Waals surface area contributed by atoms with Gasteiger partial charge in [-0.1, -0.05) is 12.1 Å². The SMILES string of the molecule is CC(C)(C)OC(=O)N1CCC(C(=O)NCc2cccc(C(=O)O)c2)C1. The van der Waals surface area contributed by atoms with Crippen molar-refractivity contribution in [3.63, 3.8) is 0 Å². The van der Waals surface area contributed by atoms with E-state index >= 15 is 0 Å². The summed E-state index contributed by atoms with van der Waals surface area (Å²) in [4.78, 5) is 36.8. The van der Waals surface area contributed by atoms with Gasteiger partial charge in [-0.15, -0.1) is 0 Å². The van der Waals surface area contributed by atoms with E-state index in [2.05, 4.69) is 5.32 Å². The summed E-state index contributed by atoms with van der Waals surface area (Å²) >= 11 is 0. The molecule has 0 saturated carbocycles. The molecular weight excluding hydrogens is 324 g/mol. The average molecular weight is 348 g/mol. The number of carboxylic acids is 1. The van der Waals surface area contributed by atoms with Crippen LogP contribution in [0, 0.1) is 5.92 Å². The molecule has 1 atom stereocenters. The fourth-order valence-electron chi connectivity index (χ4n) is 2.61. The molecule has 0 radical (unpaired) electrons. The molecule has 2 amide bonds. The number of hydrogen-bond acceptors (Lipinski definition) is 4. The molecule has 1 heterocycles. The maximum atomic E-state index is 12.3. The Labute approximate surface area is 147 Å². The summed E-state index contributed by atoms with van der Waals surface area (Å²) in [5, 5.41) is 11.8. The molecule has 7 heteroatoms. The molecule has 0 spiro atoms. The Morgan fingerprint density at radius 1 is 1.32 bits per heavy atom. The van der Waals surface area contributed by atoms with Gasteiger partial charge in [0.2, 0.25) is 5.91 Å². The molecule has 1 aromatic carbocycles. The molecule has 1 saturated heterocycles. The lowest BCUT2D eigenvalue weighted by Crippen LogP contribution is -2.37. The second-order valence-electron chi connectivity index (χ2n) is 7.14. The van der Waals surface area contributed by atoms with E-state index < -0.39 is 17.7 Å². The number of amides is 2. The Morgan fingerprint density at radius 2 is 2.04 bits per heavy atom. The summed E-state index contributed by atoms with van der Waals surface area (Å²) in [6.45, 7) is 6.48. The van der Waals surface area contributed by atoms with Crippen LogP contribution in [0.2, 0.25) is 0 Å². The molecule has 0 aromatic heterocycles. The van der Waals surface area contributed by atoms with Crippen LogP contribution in [-0.2, 0) is 16.1 Å². The summed E-state index contributed by atoms with van der Waals surface area (Å²) in [6, 6.07) is 6.44. The van der Waals surface area contributed by atoms with Crippen molar-refractivity contribution in [2.75, 3.05) is 13.1 Å². The van der Waals surface area contributed by atoms with Gasteiger partial charge in [-0.3, -0.25) is 4.79 Å². The smallest absolute Gasteiger partial charge is 0.410 e. The summed E-state index contributed by atoms with van der Waals surface area (Å²) in [7, 11) is 0. The first-order valence-electron chi connectivity index (χ1n) is 8.23. The van der Waals surface area contributed by atoms with Gasteiger partial charge in [0.15, 0.2) is 0 Å². The maximum absolute atomic E-state index is 12.3. The van der Waals surface area contributed by atoms with Gasteiger partial charge < -0.3 is 20.1 Å². The second-order valence-corrected chi connectivity index (χ2v) is 7.14. The molecule has 25 heavy (non-hydrogen) atoms. The van der Waals surface area contributed by atoms with Crippen molar-refractivity contribution in [3.05, 3.63) is 35.4 Å². The zero-order valence-electron chi connectivity index (χ0n) is 14.7. The monoisotopic (exact) mass is 348 g/mol. The number of carboxylic acid groups (broad SMARTS) is 1. The van der Waals surface area contributed by atoms with Crippen LogP contribution < -0.4 is 5.32 Å². The number of likely N-dealkylation sites (tertiary alicyclic amines) is 1. The number of rotatable bonds is 4. The van der Waals surface area contributed by atoms with Gasteiger partial charge in [0.05, 0.1) is 11.5 Å². The zero-order valence-corrected chi connectivity index (χ0v) is 14.7. The highest BCUT2D eigenvalue weighted by Crippen LogP contribution is 2.19. The number of carbonyl (C=O) groups is 3. The lowest BCUT2D eigenvalue weighted by molar-refractivity contribution is -0.124. The van der Waals surface area contributed by atoms with Gasteiger partial charge in [-0.05, 0) is 44.9 Å². The van der Waals surface area contributed by atoms with Crippen LogP contribution in [0.4, 0.5) is 4.79 Å². The van der Waals surface area contributed by atoms with Gasteiger partial charge in [-0.25, -0.2) is 9.59 Å². The van der Waals surface area contributed by atoms with Crippen LogP contribution in [0.3, 0.4) is 0 Å². The van der Waals surface area contributed by atoms with E-state index in [0.29, 0.717) is 19.5 Å². The van der Waals surface area contributed by atoms with Crippen LogP contribution in [0.25, 0.3) is 0 Å². The van der Waals surface area contributed by atoms with E-state index in [1.165, 1.54) is 12.1 Å². The van der Waals surface area contributed by atoms with E-state index in [4.69, 9.17) is 9.84 Å². The summed E-state index contributed by atoms with van der Waals surface area (Å²) < 4.78 is 5.31. The number of nitrogens with one attached hydrogen (secondary N) is 1. The molecule has 2 rings (SSSR count). The highest BCUT2D eigenvalue weighted by atomic mass is 16.6. The van der Waals surface area contributed by atoms with Crippen LogP contribution in [0.15, 0.2) is 24.3 Å². The van der Waals surface area contributed by atoms with Gasteiger partial charge in [0.25, 0.3) is 0 Å². The third kappa shape index (κ3) is 5.48. The molecule has 0 aliphatic carbocycles. The number of aromatic carboxylic acids is 1. The predicted octanol–water partition coefficient (Wildman–Crippen LogP) is 2.26. The van der Waals surface area contributed by atoms with E-state index in [1.807, 2.05) is 0 Å². The van der Waals surface area contributed by atoms with Crippen molar-refractivity contribution in [1.29, 1.82) is 0 Å². The number of nitrogens with zero attached hydrogens (tertiary/aromatic N) is 1. The largest absolute Gasteiger partial charge is 0.478 e. The molecule has 136 valence electrons. The molecule has 7 nitrogen and oxygen atoms in total. The van der Waals surface area contributed by atoms with Crippen LogP contribution in [0.5, 0.6) is 0 Å². The number of benzene rings is 1. The Kier molecular flexibility index (Phi) is 5.66. The number of hydrogen-bond donors (Lipinski definition) is 2. The predicted molar refractivity (Wildman–Crippen MR) is 91.2 cm³/mol. The minimum Gasteiger partial charge on any atom is -0.478 e. The zero-order chi connectivity index (χ0) is 18.6. The fraction of sp³-hybridized carbons (Fsp3) is 0.500. The molecule has 1 aliphatic heterocycles. The minimum atomic E-state index is -1.00. The molecule has 1 aliphatic rings. The first kappa shape index (κ1) is 18.8. The Hall–Kier alpha value is -2.57. The lowest BCUT2D eigenvalue weighted by Gasteiger charge is -2.24. The molecule has 0 bridgehead atoms. The average Bonchev–Trinajstić information content (AvgIpc) is 3.01. The summed E-state index contributed by atoms with van der Waals surface area (Å²) in [6.07, 6.45) is 0.178. The third-order valence-electron chi connectivity index (χ3n) is 3.85. The van der Waals surface area contributed by atoms with Crippen molar-refractivity contribution >= 4 is 18.0 Å². The minimum absolute atomic E-state index is 0.146. The van der Waals surface area contributed by atoms with E-state index in [1.54, 1.807) is 37.8 Å². The number of carbonyl (C=O) groups excluding carboxylic acids is 2. The van der Waals surface area contributed by atoms with Gasteiger partial charge in [0, 0.05) is 19.6 Å². The highest BCUT2D eigenvalue weighted by Gasteiger charge is 2.33. The third-order valence-corrected chi connectivity index (χ3v) is 3.85. The van der Waals surface area contributed by atoms with Crippen molar-refractivity contribution in [1.82, 2.24) is 10.2 Å². The van der Waals surface area contributed by atoms with Crippen molar-refractivity contribution < 1.29 is 24.2 Å². The first-order valence-corrected chi connectivity index (χ1v) is 8.23. The van der Waals surface area contributed by atoms with E-state index in [9.17, 15) is 14.4 Å². The molecule has 1 fully saturated rings. The Balaban J connectivity index is 1.85. The standard InChI is InChI=1S/C18H24N2O5/c1-18(2,3)25-17(24)20-8-7-14(11-20)15(21)19-10-12-5-4-6-13(9-12)16(22)23/h4-6,9,14H,7-8,10-11H2,1-3H3,(H,19,21)(H,22,23). The van der Waals surface area contributed by atoms with Gasteiger partial charge >= 0.3 is 12.1 Å². The second kappa shape index (κ2) is 7.55. The van der Waals surface area contributed by atoms with Gasteiger partial charge in [-0.2, -0.15) is 0 Å². The molecular formula is C18H24N2O5. The molecule has 1 aromatic rings. The first-order chi connectivity index (χ1) is 11.7. The van der Waals surface area contributed by atoms with E-state index in [-0.39, 0.29) is 23.9 Å². The van der Waals surface area contributed by atoms with Crippen molar-refractivity contribution in [3.8, 4) is 0 Å². The van der Waals surface area contributed by atoms with Crippen molar-refractivity contribution in [2.45, 2.75) is 39.3 Å². The molecule has 2 N–H and O–H groups in total. The number of ether oxygens (including phenoxy) is 1. The fourth-order valence-corrected chi connectivity index (χ4v) is 2.61. The quantitative estimate of drug-likeness (QED) is 0.870. The van der Waals surface area contributed by atoms with Crippen LogP contribution in [0.1, 0.15) is 43.1 Å². The Morgan fingerprint density at radius 3 is 2.68 bits per heavy atom. The van der Waals surface area contributed by atoms with Gasteiger partial charge in [0.1, 0.15) is 5.60 Å². The normalized spacial score (nSPS) is 17.2. The molecule has 1 unspecified atom stereocenters. The lowest BCUT2D eigenvalue weighted by atomic mass is 10.1. The van der Waals surface area contributed by atoms with Crippen LogP contribution in [-0.4, -0.2) is 46.7 Å². The highest BCUT2D eigenvalue weighted by molar-refractivity contribution is 5.87. The van der Waals surface area contributed by atoms with Crippen molar-refractivity contribution in [2.24, 2.45) is 5.92 Å². The summed E-state index contributed by atoms with van der Waals surface area (Å²) in [5.74, 6) is -1.43.